The van der Waals surface area contributed by atoms with Gasteiger partial charge in [-0.05, 0) is 67.2 Å². The average Bonchev–Trinajstić information content (AvgIpc) is 3.22. The normalized spacial score (nSPS) is 10.6. The van der Waals surface area contributed by atoms with Gasteiger partial charge in [0.05, 0.1) is 6.61 Å². The standard InChI is InChI=1S/C23H20N4O3S/c1-2-12-29-18-9-4-6-15(14-18)21(28)27-23(31)25-17-8-3-7-16(13-17)22-26-20-19(30-22)10-5-11-24-20/h3-11,13-14H,2,12H2,1H3,(H2,25,27,28,31). The molecular formula is C23H20N4O3S. The maximum Gasteiger partial charge on any atom is 0.257 e. The van der Waals surface area contributed by atoms with Crippen LogP contribution in [-0.2, 0) is 0 Å². The number of anilines is 1. The number of aromatic nitrogens is 2. The lowest BCUT2D eigenvalue weighted by Crippen LogP contribution is -2.34. The van der Waals surface area contributed by atoms with Crippen molar-refractivity contribution in [3.63, 3.8) is 0 Å². The Morgan fingerprint density at radius 2 is 2.00 bits per heavy atom. The Kier molecular flexibility index (Phi) is 6.18. The minimum absolute atomic E-state index is 0.182. The minimum atomic E-state index is -0.319. The smallest absolute Gasteiger partial charge is 0.257 e. The summed E-state index contributed by atoms with van der Waals surface area (Å²) in [7, 11) is 0. The number of pyridine rings is 1. The second-order valence-electron chi connectivity index (χ2n) is 6.71. The molecule has 0 atom stereocenters. The number of rotatable bonds is 6. The Bertz CT molecular complexity index is 1210. The van der Waals surface area contributed by atoms with Gasteiger partial charge in [0.2, 0.25) is 5.89 Å². The van der Waals surface area contributed by atoms with Crippen LogP contribution < -0.4 is 15.4 Å². The van der Waals surface area contributed by atoms with Gasteiger partial charge in [0.25, 0.3) is 5.91 Å². The predicted molar refractivity (Wildman–Crippen MR) is 123 cm³/mol. The molecule has 7 nitrogen and oxygen atoms in total. The first-order valence-corrected chi connectivity index (χ1v) is 10.2. The number of carbonyl (C=O) groups excluding carboxylic acids is 1. The third-order valence-corrected chi connectivity index (χ3v) is 4.53. The number of hydrogen-bond donors (Lipinski definition) is 2. The maximum atomic E-state index is 12.5. The van der Waals surface area contributed by atoms with Crippen molar-refractivity contribution in [2.45, 2.75) is 13.3 Å². The Balaban J connectivity index is 1.43. The lowest BCUT2D eigenvalue weighted by atomic mass is 10.2. The number of carbonyl (C=O) groups is 1. The van der Waals surface area contributed by atoms with Gasteiger partial charge in [-0.3, -0.25) is 10.1 Å². The van der Waals surface area contributed by atoms with Crippen molar-refractivity contribution < 1.29 is 13.9 Å². The molecule has 1 amide bonds. The second kappa shape index (κ2) is 9.36. The lowest BCUT2D eigenvalue weighted by Gasteiger charge is -2.11. The van der Waals surface area contributed by atoms with E-state index in [1.165, 1.54) is 0 Å². The fourth-order valence-electron chi connectivity index (χ4n) is 2.91. The Morgan fingerprint density at radius 1 is 1.13 bits per heavy atom. The minimum Gasteiger partial charge on any atom is -0.494 e. The molecule has 2 heterocycles. The summed E-state index contributed by atoms with van der Waals surface area (Å²) in [6, 6.07) is 18.0. The first-order valence-electron chi connectivity index (χ1n) is 9.79. The van der Waals surface area contributed by atoms with Gasteiger partial charge in [-0.2, -0.15) is 4.98 Å². The lowest BCUT2D eigenvalue weighted by molar-refractivity contribution is 0.0977. The van der Waals surface area contributed by atoms with Gasteiger partial charge in [0.1, 0.15) is 5.75 Å². The SMILES string of the molecule is CCCOc1cccc(C(=O)NC(=S)Nc2cccc(-c3nc4ncccc4o3)c2)c1. The Morgan fingerprint density at radius 3 is 2.84 bits per heavy atom. The van der Waals surface area contributed by atoms with Gasteiger partial charge in [0, 0.05) is 23.0 Å². The molecule has 0 unspecified atom stereocenters. The van der Waals surface area contributed by atoms with Crippen LogP contribution in [-0.4, -0.2) is 27.6 Å². The first-order chi connectivity index (χ1) is 15.1. The number of hydrogen-bond acceptors (Lipinski definition) is 6. The summed E-state index contributed by atoms with van der Waals surface area (Å²) >= 11 is 5.30. The predicted octanol–water partition coefficient (Wildman–Crippen LogP) is 4.81. The summed E-state index contributed by atoms with van der Waals surface area (Å²) in [5.74, 6) is 0.783. The zero-order valence-electron chi connectivity index (χ0n) is 16.8. The van der Waals surface area contributed by atoms with Crippen LogP contribution in [0.1, 0.15) is 23.7 Å². The highest BCUT2D eigenvalue weighted by atomic mass is 32.1. The van der Waals surface area contributed by atoms with Crippen LogP contribution in [0.2, 0.25) is 0 Å². The van der Waals surface area contributed by atoms with E-state index in [1.807, 2.05) is 43.3 Å². The fourth-order valence-corrected chi connectivity index (χ4v) is 3.12. The molecule has 2 N–H and O–H groups in total. The molecule has 0 spiro atoms. The number of nitrogens with one attached hydrogen (secondary N) is 2. The van der Waals surface area contributed by atoms with E-state index in [4.69, 9.17) is 21.4 Å². The van der Waals surface area contributed by atoms with E-state index in [1.54, 1.807) is 30.5 Å². The average molecular weight is 433 g/mol. The van der Waals surface area contributed by atoms with E-state index < -0.39 is 0 Å². The molecule has 0 aliphatic carbocycles. The van der Waals surface area contributed by atoms with Crippen molar-refractivity contribution >= 4 is 40.2 Å². The first kappa shape index (κ1) is 20.5. The molecule has 2 aromatic heterocycles. The third-order valence-electron chi connectivity index (χ3n) is 4.33. The Hall–Kier alpha value is -3.78. The number of ether oxygens (including phenoxy) is 1. The summed E-state index contributed by atoms with van der Waals surface area (Å²) in [6.45, 7) is 2.62. The van der Waals surface area contributed by atoms with E-state index in [-0.39, 0.29) is 11.0 Å². The molecular weight excluding hydrogens is 412 g/mol. The van der Waals surface area contributed by atoms with Crippen molar-refractivity contribution in [2.75, 3.05) is 11.9 Å². The molecule has 0 fully saturated rings. The van der Waals surface area contributed by atoms with Gasteiger partial charge in [-0.1, -0.05) is 19.1 Å². The molecule has 0 aliphatic rings. The van der Waals surface area contributed by atoms with Gasteiger partial charge < -0.3 is 14.5 Å². The zero-order chi connectivity index (χ0) is 21.6. The van der Waals surface area contributed by atoms with Crippen LogP contribution in [0.3, 0.4) is 0 Å². The van der Waals surface area contributed by atoms with Crippen molar-refractivity contribution in [3.05, 3.63) is 72.4 Å². The molecule has 0 radical (unpaired) electrons. The molecule has 0 bridgehead atoms. The van der Waals surface area contributed by atoms with Crippen LogP contribution in [0.5, 0.6) is 5.75 Å². The van der Waals surface area contributed by atoms with E-state index in [2.05, 4.69) is 20.6 Å². The van der Waals surface area contributed by atoms with Crippen molar-refractivity contribution in [3.8, 4) is 17.2 Å². The topological polar surface area (TPSA) is 89.3 Å². The quantitative estimate of drug-likeness (QED) is 0.423. The van der Waals surface area contributed by atoms with Crippen LogP contribution in [0, 0.1) is 0 Å². The van der Waals surface area contributed by atoms with Crippen LogP contribution in [0.15, 0.2) is 71.3 Å². The molecule has 0 aliphatic heterocycles. The highest BCUT2D eigenvalue weighted by molar-refractivity contribution is 7.80. The number of fused-ring (bicyclic) bond motifs is 1. The molecule has 8 heteroatoms. The van der Waals surface area contributed by atoms with Gasteiger partial charge in [-0.15, -0.1) is 0 Å². The van der Waals surface area contributed by atoms with Gasteiger partial charge >= 0.3 is 0 Å². The molecule has 4 aromatic rings. The molecule has 0 saturated carbocycles. The highest BCUT2D eigenvalue weighted by Gasteiger charge is 2.12. The maximum absolute atomic E-state index is 12.5. The number of amides is 1. The molecule has 4 rings (SSSR count). The molecule has 0 saturated heterocycles. The monoisotopic (exact) mass is 432 g/mol. The molecule has 2 aromatic carbocycles. The number of thiocarbonyl (C=S) groups is 1. The van der Waals surface area contributed by atoms with Crippen LogP contribution in [0.4, 0.5) is 5.69 Å². The van der Waals surface area contributed by atoms with E-state index >= 15 is 0 Å². The summed E-state index contributed by atoms with van der Waals surface area (Å²) < 4.78 is 11.3. The number of benzene rings is 2. The van der Waals surface area contributed by atoms with Crippen molar-refractivity contribution in [1.29, 1.82) is 0 Å². The highest BCUT2D eigenvalue weighted by Crippen LogP contribution is 2.25. The summed E-state index contributed by atoms with van der Waals surface area (Å²) in [5, 5.41) is 5.89. The number of nitrogens with zero attached hydrogens (tertiary/aromatic N) is 2. The van der Waals surface area contributed by atoms with Crippen molar-refractivity contribution in [2.24, 2.45) is 0 Å². The Labute approximate surface area is 184 Å². The number of oxazole rings is 1. The molecule has 31 heavy (non-hydrogen) atoms. The summed E-state index contributed by atoms with van der Waals surface area (Å²) in [5.41, 5.74) is 3.08. The van der Waals surface area contributed by atoms with Crippen LogP contribution >= 0.6 is 12.2 Å². The van der Waals surface area contributed by atoms with Crippen molar-refractivity contribution in [1.82, 2.24) is 15.3 Å². The molecule has 156 valence electrons. The fraction of sp³-hybridized carbons (Fsp3) is 0.130. The van der Waals surface area contributed by atoms with Gasteiger partial charge in [0.15, 0.2) is 16.3 Å². The van der Waals surface area contributed by atoms with Gasteiger partial charge in [-0.25, -0.2) is 4.98 Å². The largest absolute Gasteiger partial charge is 0.494 e. The second-order valence-corrected chi connectivity index (χ2v) is 7.12. The van der Waals surface area contributed by atoms with E-state index in [0.717, 1.165) is 12.0 Å². The summed E-state index contributed by atoms with van der Waals surface area (Å²) in [4.78, 5) is 21.1. The third kappa shape index (κ3) is 5.04. The van der Waals surface area contributed by atoms with E-state index in [0.29, 0.717) is 40.7 Å². The van der Waals surface area contributed by atoms with Crippen LogP contribution in [0.25, 0.3) is 22.7 Å². The zero-order valence-corrected chi connectivity index (χ0v) is 17.6. The van der Waals surface area contributed by atoms with E-state index in [9.17, 15) is 4.79 Å². The summed E-state index contributed by atoms with van der Waals surface area (Å²) in [6.07, 6.45) is 2.56.